The molecule has 0 saturated heterocycles. The predicted octanol–water partition coefficient (Wildman–Crippen LogP) is 0.752. The van der Waals surface area contributed by atoms with Crippen molar-refractivity contribution in [1.82, 2.24) is 14.7 Å². The summed E-state index contributed by atoms with van der Waals surface area (Å²) >= 11 is 1.17. The van der Waals surface area contributed by atoms with Crippen molar-refractivity contribution in [2.75, 3.05) is 25.3 Å². The minimum absolute atomic E-state index is 0.0685. The highest BCUT2D eigenvalue weighted by molar-refractivity contribution is 7.11. The number of carbonyl (C=O) groups is 1. The Hall–Kier alpha value is -1.34. The standard InChI is InChI=1S/C9H17N5OS/c1-5(2)11-8(15)6-7(10)13-16-9(6)12-14(3)4/h5,12H,1-4H3,(H2,10,13)(H,11,15). The van der Waals surface area contributed by atoms with Crippen molar-refractivity contribution in [3.63, 3.8) is 0 Å². The van der Waals surface area contributed by atoms with Gasteiger partial charge in [0.25, 0.3) is 5.91 Å². The van der Waals surface area contributed by atoms with E-state index in [-0.39, 0.29) is 17.8 Å². The van der Waals surface area contributed by atoms with Gasteiger partial charge in [-0.15, -0.1) is 0 Å². The molecule has 0 saturated carbocycles. The molecule has 7 heteroatoms. The minimum atomic E-state index is -0.203. The molecule has 1 aromatic rings. The molecule has 1 rings (SSSR count). The second kappa shape index (κ2) is 5.13. The van der Waals surface area contributed by atoms with Crippen molar-refractivity contribution < 1.29 is 4.79 Å². The van der Waals surface area contributed by atoms with Gasteiger partial charge in [0.2, 0.25) is 0 Å². The van der Waals surface area contributed by atoms with E-state index in [0.717, 1.165) is 0 Å². The molecule has 0 aliphatic carbocycles. The van der Waals surface area contributed by atoms with E-state index in [1.54, 1.807) is 5.01 Å². The summed E-state index contributed by atoms with van der Waals surface area (Å²) in [5.74, 6) is 0.0538. The van der Waals surface area contributed by atoms with Gasteiger partial charge >= 0.3 is 0 Å². The molecule has 90 valence electrons. The number of anilines is 2. The average molecular weight is 243 g/mol. The summed E-state index contributed by atoms with van der Waals surface area (Å²) in [5.41, 5.74) is 9.08. The molecule has 4 N–H and O–H groups in total. The molecule has 0 bridgehead atoms. The number of hydrazine groups is 1. The number of nitrogen functional groups attached to an aromatic ring is 1. The van der Waals surface area contributed by atoms with Gasteiger partial charge in [0.05, 0.1) is 0 Å². The molecule has 0 radical (unpaired) electrons. The number of amides is 1. The van der Waals surface area contributed by atoms with Gasteiger partial charge in [-0.1, -0.05) is 0 Å². The van der Waals surface area contributed by atoms with Crippen LogP contribution in [0.3, 0.4) is 0 Å². The third-order valence-corrected chi connectivity index (χ3v) is 2.46. The lowest BCUT2D eigenvalue weighted by Gasteiger charge is -2.13. The van der Waals surface area contributed by atoms with Crippen molar-refractivity contribution in [3.8, 4) is 0 Å². The maximum atomic E-state index is 11.9. The predicted molar refractivity (Wildman–Crippen MR) is 66.4 cm³/mol. The fraction of sp³-hybridized carbons (Fsp3) is 0.556. The lowest BCUT2D eigenvalue weighted by molar-refractivity contribution is 0.0945. The molecule has 6 nitrogen and oxygen atoms in total. The molecule has 0 aromatic carbocycles. The summed E-state index contributed by atoms with van der Waals surface area (Å²) in [4.78, 5) is 11.9. The SMILES string of the molecule is CC(C)NC(=O)c1c(N)nsc1NN(C)C. The molecule has 0 fully saturated rings. The Labute approximate surface area is 99.0 Å². The average Bonchev–Trinajstić information content (AvgIpc) is 2.44. The van der Waals surface area contributed by atoms with Gasteiger partial charge in [0, 0.05) is 20.1 Å². The summed E-state index contributed by atoms with van der Waals surface area (Å²) in [7, 11) is 3.67. The maximum Gasteiger partial charge on any atom is 0.258 e. The summed E-state index contributed by atoms with van der Waals surface area (Å²) < 4.78 is 3.97. The van der Waals surface area contributed by atoms with E-state index in [9.17, 15) is 4.79 Å². The van der Waals surface area contributed by atoms with Gasteiger partial charge in [-0.25, -0.2) is 5.01 Å². The van der Waals surface area contributed by atoms with Gasteiger partial charge in [-0.05, 0) is 25.4 Å². The number of aromatic nitrogens is 1. The van der Waals surface area contributed by atoms with E-state index < -0.39 is 0 Å². The van der Waals surface area contributed by atoms with Gasteiger partial charge in [-0.3, -0.25) is 4.79 Å². The summed E-state index contributed by atoms with van der Waals surface area (Å²) in [6, 6.07) is 0.0685. The number of nitrogens with one attached hydrogen (secondary N) is 2. The molecule has 16 heavy (non-hydrogen) atoms. The number of hydrogen-bond acceptors (Lipinski definition) is 6. The van der Waals surface area contributed by atoms with Crippen LogP contribution in [0.5, 0.6) is 0 Å². The zero-order chi connectivity index (χ0) is 12.3. The zero-order valence-corrected chi connectivity index (χ0v) is 10.7. The van der Waals surface area contributed by atoms with Crippen molar-refractivity contribution in [1.29, 1.82) is 0 Å². The van der Waals surface area contributed by atoms with Gasteiger partial charge in [0.15, 0.2) is 5.82 Å². The normalized spacial score (nSPS) is 10.9. The largest absolute Gasteiger partial charge is 0.382 e. The van der Waals surface area contributed by atoms with Crippen LogP contribution in [0.1, 0.15) is 24.2 Å². The van der Waals surface area contributed by atoms with Crippen molar-refractivity contribution in [2.24, 2.45) is 0 Å². The summed E-state index contributed by atoms with van der Waals surface area (Å²) in [5, 5.41) is 5.18. The second-order valence-electron chi connectivity index (χ2n) is 3.91. The number of carbonyl (C=O) groups excluding carboxylic acids is 1. The molecule has 1 aromatic heterocycles. The Morgan fingerprint density at radius 3 is 2.62 bits per heavy atom. The Morgan fingerprint density at radius 2 is 2.12 bits per heavy atom. The van der Waals surface area contributed by atoms with E-state index in [1.165, 1.54) is 11.5 Å². The third kappa shape index (κ3) is 3.07. The first-order valence-corrected chi connectivity index (χ1v) is 5.69. The summed E-state index contributed by atoms with van der Waals surface area (Å²) in [6.45, 7) is 3.79. The van der Waals surface area contributed by atoms with Crippen LogP contribution >= 0.6 is 11.5 Å². The number of rotatable bonds is 4. The van der Waals surface area contributed by atoms with Crippen LogP contribution in [-0.4, -0.2) is 35.4 Å². The Morgan fingerprint density at radius 1 is 1.50 bits per heavy atom. The highest BCUT2D eigenvalue weighted by Crippen LogP contribution is 2.26. The van der Waals surface area contributed by atoms with Crippen molar-refractivity contribution in [2.45, 2.75) is 19.9 Å². The Balaban J connectivity index is 2.92. The van der Waals surface area contributed by atoms with Gasteiger partial charge < -0.3 is 16.5 Å². The zero-order valence-electron chi connectivity index (χ0n) is 9.87. The number of nitrogens with zero attached hydrogens (tertiary/aromatic N) is 2. The minimum Gasteiger partial charge on any atom is -0.382 e. The molecule has 1 amide bonds. The van der Waals surface area contributed by atoms with E-state index in [1.807, 2.05) is 27.9 Å². The summed E-state index contributed by atoms with van der Waals surface area (Å²) in [6.07, 6.45) is 0. The topological polar surface area (TPSA) is 83.3 Å². The molecule has 0 aliphatic heterocycles. The van der Waals surface area contributed by atoms with Crippen molar-refractivity contribution >= 4 is 28.3 Å². The lowest BCUT2D eigenvalue weighted by Crippen LogP contribution is -2.31. The Kier molecular flexibility index (Phi) is 4.08. The van der Waals surface area contributed by atoms with E-state index in [4.69, 9.17) is 5.73 Å². The fourth-order valence-electron chi connectivity index (χ4n) is 1.14. The molecule has 0 unspecified atom stereocenters. The molecular weight excluding hydrogens is 226 g/mol. The number of hydrogen-bond donors (Lipinski definition) is 3. The van der Waals surface area contributed by atoms with E-state index >= 15 is 0 Å². The first-order valence-electron chi connectivity index (χ1n) is 4.91. The first-order chi connectivity index (χ1) is 7.41. The molecule has 0 spiro atoms. The second-order valence-corrected chi connectivity index (χ2v) is 4.68. The van der Waals surface area contributed by atoms with Crippen LogP contribution in [0.2, 0.25) is 0 Å². The number of nitrogens with two attached hydrogens (primary N) is 1. The van der Waals surface area contributed by atoms with Gasteiger partial charge in [0.1, 0.15) is 10.6 Å². The highest BCUT2D eigenvalue weighted by atomic mass is 32.1. The third-order valence-electron chi connectivity index (χ3n) is 1.69. The van der Waals surface area contributed by atoms with Crippen LogP contribution in [0.15, 0.2) is 0 Å². The maximum absolute atomic E-state index is 11.9. The van der Waals surface area contributed by atoms with Crippen molar-refractivity contribution in [3.05, 3.63) is 5.56 Å². The van der Waals surface area contributed by atoms with Crippen LogP contribution < -0.4 is 16.5 Å². The smallest absolute Gasteiger partial charge is 0.258 e. The monoisotopic (exact) mass is 243 g/mol. The van der Waals surface area contributed by atoms with Crippen LogP contribution in [0, 0.1) is 0 Å². The molecule has 0 aliphatic rings. The molecule has 0 atom stereocenters. The van der Waals surface area contributed by atoms with E-state index in [0.29, 0.717) is 10.6 Å². The van der Waals surface area contributed by atoms with E-state index in [2.05, 4.69) is 15.1 Å². The Bertz CT molecular complexity index is 374. The highest BCUT2D eigenvalue weighted by Gasteiger charge is 2.19. The van der Waals surface area contributed by atoms with Gasteiger partial charge in [-0.2, -0.15) is 4.37 Å². The van der Waals surface area contributed by atoms with Crippen LogP contribution in [0.4, 0.5) is 10.8 Å². The molecule has 1 heterocycles. The first kappa shape index (κ1) is 12.7. The van der Waals surface area contributed by atoms with Crippen LogP contribution in [-0.2, 0) is 0 Å². The van der Waals surface area contributed by atoms with Crippen LogP contribution in [0.25, 0.3) is 0 Å². The molecular formula is C9H17N5OS. The fourth-order valence-corrected chi connectivity index (χ4v) is 1.93. The lowest BCUT2D eigenvalue weighted by atomic mass is 10.2. The quantitative estimate of drug-likeness (QED) is 0.680.